The monoisotopic (exact) mass is 361 g/mol. The van der Waals surface area contributed by atoms with Crippen molar-refractivity contribution in [1.82, 2.24) is 15.1 Å². The van der Waals surface area contributed by atoms with Crippen molar-refractivity contribution in [2.24, 2.45) is 0 Å². The molecule has 2 aromatic rings. The van der Waals surface area contributed by atoms with E-state index in [-0.39, 0.29) is 29.3 Å². The first-order valence-electron chi connectivity index (χ1n) is 7.91. The van der Waals surface area contributed by atoms with Crippen LogP contribution in [0.4, 0.5) is 0 Å². The third kappa shape index (κ3) is 4.14. The third-order valence-corrected chi connectivity index (χ3v) is 6.10. The third-order valence-electron chi connectivity index (χ3n) is 4.19. The van der Waals surface area contributed by atoms with Crippen molar-refractivity contribution in [3.8, 4) is 0 Å². The molecule has 1 aromatic heterocycles. The van der Waals surface area contributed by atoms with Crippen LogP contribution in [0.1, 0.15) is 29.4 Å². The minimum Gasteiger partial charge on any atom is -0.344 e. The first kappa shape index (κ1) is 17.3. The van der Waals surface area contributed by atoms with Crippen LogP contribution in [0.3, 0.4) is 0 Å². The molecule has 8 heteroatoms. The maximum absolute atomic E-state index is 12.4. The minimum atomic E-state index is -3.13. The van der Waals surface area contributed by atoms with Gasteiger partial charge < -0.3 is 5.32 Å². The molecule has 0 unspecified atom stereocenters. The number of nitrogens with zero attached hydrogens (tertiary/aromatic N) is 2. The van der Waals surface area contributed by atoms with Gasteiger partial charge in [-0.15, -0.1) is 0 Å². The molecule has 1 atom stereocenters. The minimum absolute atomic E-state index is 0.0602. The topological polar surface area (TPSA) is 98.1 Å². The summed E-state index contributed by atoms with van der Waals surface area (Å²) in [6, 6.07) is 12.0. The molecule has 1 saturated heterocycles. The molecule has 25 heavy (non-hydrogen) atoms. The van der Waals surface area contributed by atoms with Crippen molar-refractivity contribution in [3.05, 3.63) is 64.1 Å². The van der Waals surface area contributed by atoms with Crippen molar-refractivity contribution < 1.29 is 13.2 Å². The number of carbonyl (C=O) groups excluding carboxylic acids is 1. The van der Waals surface area contributed by atoms with Crippen LogP contribution in [0.2, 0.25) is 0 Å². The Morgan fingerprint density at radius 1 is 1.24 bits per heavy atom. The SMILES string of the molecule is C[C@@]1(NC(=O)c2ccc(=O)n(Cc3ccccc3)n2)CCS(=O)(=O)C1. The number of carbonyl (C=O) groups is 1. The summed E-state index contributed by atoms with van der Waals surface area (Å²) >= 11 is 0. The molecule has 132 valence electrons. The first-order chi connectivity index (χ1) is 11.8. The summed E-state index contributed by atoms with van der Waals surface area (Å²) in [5, 5.41) is 6.86. The highest BCUT2D eigenvalue weighted by atomic mass is 32.2. The molecule has 0 aliphatic carbocycles. The number of rotatable bonds is 4. The summed E-state index contributed by atoms with van der Waals surface area (Å²) < 4.78 is 24.5. The Morgan fingerprint density at radius 3 is 2.60 bits per heavy atom. The molecule has 0 radical (unpaired) electrons. The molecule has 1 fully saturated rings. The lowest BCUT2D eigenvalue weighted by Crippen LogP contribution is -2.47. The zero-order valence-corrected chi connectivity index (χ0v) is 14.6. The van der Waals surface area contributed by atoms with E-state index in [1.165, 1.54) is 16.8 Å². The van der Waals surface area contributed by atoms with E-state index in [4.69, 9.17) is 0 Å². The second kappa shape index (κ2) is 6.44. The lowest BCUT2D eigenvalue weighted by molar-refractivity contribution is 0.0907. The van der Waals surface area contributed by atoms with Gasteiger partial charge in [0.15, 0.2) is 9.84 Å². The largest absolute Gasteiger partial charge is 0.344 e. The molecule has 3 rings (SSSR count). The van der Waals surface area contributed by atoms with Gasteiger partial charge in [0.05, 0.1) is 23.6 Å². The molecule has 1 N–H and O–H groups in total. The summed E-state index contributed by atoms with van der Waals surface area (Å²) in [7, 11) is -3.13. The van der Waals surface area contributed by atoms with E-state index >= 15 is 0 Å². The van der Waals surface area contributed by atoms with Gasteiger partial charge in [-0.2, -0.15) is 5.10 Å². The second-order valence-corrected chi connectivity index (χ2v) is 8.74. The Morgan fingerprint density at radius 2 is 1.96 bits per heavy atom. The number of hydrogen-bond acceptors (Lipinski definition) is 5. The van der Waals surface area contributed by atoms with Gasteiger partial charge in [0.2, 0.25) is 0 Å². The molecule has 1 aliphatic heterocycles. The highest BCUT2D eigenvalue weighted by molar-refractivity contribution is 7.91. The maximum atomic E-state index is 12.4. The molecule has 1 aromatic carbocycles. The van der Waals surface area contributed by atoms with E-state index in [9.17, 15) is 18.0 Å². The Labute approximate surface area is 145 Å². The van der Waals surface area contributed by atoms with Crippen molar-refractivity contribution >= 4 is 15.7 Å². The number of hydrogen-bond donors (Lipinski definition) is 1. The van der Waals surface area contributed by atoms with E-state index in [1.54, 1.807) is 6.92 Å². The lowest BCUT2D eigenvalue weighted by atomic mass is 10.0. The highest BCUT2D eigenvalue weighted by Gasteiger charge is 2.39. The highest BCUT2D eigenvalue weighted by Crippen LogP contribution is 2.23. The van der Waals surface area contributed by atoms with Crippen LogP contribution in [0.5, 0.6) is 0 Å². The van der Waals surface area contributed by atoms with Gasteiger partial charge in [0.25, 0.3) is 11.5 Å². The van der Waals surface area contributed by atoms with Crippen molar-refractivity contribution in [2.75, 3.05) is 11.5 Å². The Balaban J connectivity index is 1.80. The van der Waals surface area contributed by atoms with Crippen LogP contribution >= 0.6 is 0 Å². The fraction of sp³-hybridized carbons (Fsp3) is 0.353. The number of nitrogens with one attached hydrogen (secondary N) is 1. The van der Waals surface area contributed by atoms with E-state index in [1.807, 2.05) is 30.3 Å². The number of benzene rings is 1. The number of amides is 1. The summed E-state index contributed by atoms with van der Waals surface area (Å²) in [6.07, 6.45) is 0.366. The maximum Gasteiger partial charge on any atom is 0.272 e. The number of aromatic nitrogens is 2. The predicted molar refractivity (Wildman–Crippen MR) is 93.2 cm³/mol. The van der Waals surface area contributed by atoms with Crippen LogP contribution in [-0.4, -0.2) is 41.2 Å². The smallest absolute Gasteiger partial charge is 0.272 e. The van der Waals surface area contributed by atoms with Crippen LogP contribution in [0.25, 0.3) is 0 Å². The van der Waals surface area contributed by atoms with Gasteiger partial charge in [-0.1, -0.05) is 30.3 Å². The van der Waals surface area contributed by atoms with Crippen molar-refractivity contribution in [3.63, 3.8) is 0 Å². The molecule has 7 nitrogen and oxygen atoms in total. The average Bonchev–Trinajstić information content (AvgIpc) is 2.83. The van der Waals surface area contributed by atoms with Crippen LogP contribution < -0.4 is 10.9 Å². The quantitative estimate of drug-likeness (QED) is 0.860. The van der Waals surface area contributed by atoms with Gasteiger partial charge in [0, 0.05) is 6.07 Å². The van der Waals surface area contributed by atoms with E-state index in [2.05, 4.69) is 10.4 Å². The molecule has 0 saturated carbocycles. The van der Waals surface area contributed by atoms with Crippen LogP contribution in [0, 0.1) is 0 Å². The summed E-state index contributed by atoms with van der Waals surface area (Å²) in [4.78, 5) is 24.4. The normalized spacial score (nSPS) is 21.8. The standard InChI is InChI=1S/C17H19N3O4S/c1-17(9-10-25(23,24)12-17)18-16(22)14-7-8-15(21)20(19-14)11-13-5-3-2-4-6-13/h2-8H,9-12H2,1H3,(H,18,22)/t17-/m1/s1. The van der Waals surface area contributed by atoms with Gasteiger partial charge in [-0.25, -0.2) is 13.1 Å². The molecular formula is C17H19N3O4S. The second-order valence-electron chi connectivity index (χ2n) is 6.56. The molecular weight excluding hydrogens is 342 g/mol. The molecule has 1 aliphatic rings. The van der Waals surface area contributed by atoms with Gasteiger partial charge in [-0.3, -0.25) is 9.59 Å². The summed E-state index contributed by atoms with van der Waals surface area (Å²) in [5.74, 6) is -0.512. The van der Waals surface area contributed by atoms with E-state index in [0.29, 0.717) is 6.42 Å². The fourth-order valence-corrected chi connectivity index (χ4v) is 4.98. The zero-order chi connectivity index (χ0) is 18.1. The Hall–Kier alpha value is -2.48. The van der Waals surface area contributed by atoms with Crippen molar-refractivity contribution in [1.29, 1.82) is 0 Å². The van der Waals surface area contributed by atoms with Crippen molar-refractivity contribution in [2.45, 2.75) is 25.4 Å². The fourth-order valence-electron chi connectivity index (χ4n) is 2.89. The lowest BCUT2D eigenvalue weighted by Gasteiger charge is -2.23. The molecule has 2 heterocycles. The van der Waals surface area contributed by atoms with Gasteiger partial charge in [-0.05, 0) is 25.0 Å². The van der Waals surface area contributed by atoms with E-state index < -0.39 is 21.3 Å². The predicted octanol–water partition coefficient (Wildman–Crippen LogP) is 0.599. The molecule has 0 bridgehead atoms. The molecule has 1 amide bonds. The van der Waals surface area contributed by atoms with E-state index in [0.717, 1.165) is 5.56 Å². The average molecular weight is 361 g/mol. The Kier molecular flexibility index (Phi) is 4.47. The Bertz CT molecular complexity index is 953. The molecule has 0 spiro atoms. The number of sulfone groups is 1. The van der Waals surface area contributed by atoms with Crippen LogP contribution in [0.15, 0.2) is 47.3 Å². The van der Waals surface area contributed by atoms with Gasteiger partial charge >= 0.3 is 0 Å². The summed E-state index contributed by atoms with van der Waals surface area (Å²) in [6.45, 7) is 1.96. The zero-order valence-electron chi connectivity index (χ0n) is 13.8. The first-order valence-corrected chi connectivity index (χ1v) is 9.74. The summed E-state index contributed by atoms with van der Waals surface area (Å²) in [5.41, 5.74) is -0.141. The van der Waals surface area contributed by atoms with Gasteiger partial charge in [0.1, 0.15) is 5.69 Å². The van der Waals surface area contributed by atoms with Crippen LogP contribution in [-0.2, 0) is 16.4 Å².